The zero-order valence-corrected chi connectivity index (χ0v) is 12.6. The van der Waals surface area contributed by atoms with Gasteiger partial charge < -0.3 is 14.6 Å². The molecule has 1 unspecified atom stereocenters. The number of benzene rings is 1. The van der Waals surface area contributed by atoms with Crippen LogP contribution in [-0.2, 0) is 6.54 Å². The average molecular weight is 294 g/mol. The van der Waals surface area contributed by atoms with Crippen LogP contribution in [0.1, 0.15) is 25.7 Å². The van der Waals surface area contributed by atoms with Crippen LogP contribution in [0.3, 0.4) is 0 Å². The third-order valence-electron chi connectivity index (χ3n) is 3.08. The Morgan fingerprint density at radius 2 is 2.05 bits per heavy atom. The summed E-state index contributed by atoms with van der Waals surface area (Å²) in [6, 6.07) is 7.47. The molecule has 2 aromatic rings. The van der Waals surface area contributed by atoms with E-state index in [-0.39, 0.29) is 6.04 Å². The summed E-state index contributed by atoms with van der Waals surface area (Å²) in [5.74, 6) is 1.82. The van der Waals surface area contributed by atoms with Gasteiger partial charge in [-0.2, -0.15) is 0 Å². The molecular weight excluding hydrogens is 274 g/mol. The second kappa shape index (κ2) is 7.31. The second-order valence-corrected chi connectivity index (χ2v) is 4.88. The molecule has 1 aromatic heterocycles. The van der Waals surface area contributed by atoms with Crippen LogP contribution >= 0.6 is 11.6 Å². The van der Waals surface area contributed by atoms with E-state index in [1.165, 1.54) is 0 Å². The van der Waals surface area contributed by atoms with Crippen molar-refractivity contribution >= 4 is 11.6 Å². The molecule has 0 aliphatic rings. The molecule has 1 heterocycles. The van der Waals surface area contributed by atoms with Crippen LogP contribution < -0.4 is 10.1 Å². The van der Waals surface area contributed by atoms with Gasteiger partial charge in [0.05, 0.1) is 0 Å². The van der Waals surface area contributed by atoms with E-state index in [1.54, 1.807) is 0 Å². The summed E-state index contributed by atoms with van der Waals surface area (Å²) >= 11 is 5.86. The van der Waals surface area contributed by atoms with Crippen molar-refractivity contribution in [2.24, 2.45) is 0 Å². The van der Waals surface area contributed by atoms with Crippen molar-refractivity contribution in [3.8, 4) is 5.75 Å². The predicted octanol–water partition coefficient (Wildman–Crippen LogP) is 3.29. The summed E-state index contributed by atoms with van der Waals surface area (Å²) in [6.45, 7) is 6.48. The first-order valence-electron chi connectivity index (χ1n) is 6.87. The molecule has 1 N–H and O–H groups in total. The minimum Gasteiger partial charge on any atom is -0.491 e. The normalized spacial score (nSPS) is 12.3. The fourth-order valence-corrected chi connectivity index (χ4v) is 2.21. The fourth-order valence-electron chi connectivity index (χ4n) is 2.08. The summed E-state index contributed by atoms with van der Waals surface area (Å²) in [4.78, 5) is 4.43. The van der Waals surface area contributed by atoms with Gasteiger partial charge in [0.2, 0.25) is 0 Å². The van der Waals surface area contributed by atoms with E-state index >= 15 is 0 Å². The van der Waals surface area contributed by atoms with Gasteiger partial charge in [0.25, 0.3) is 0 Å². The smallest absolute Gasteiger partial charge is 0.129 e. The van der Waals surface area contributed by atoms with E-state index in [0.29, 0.717) is 11.6 Å². The largest absolute Gasteiger partial charge is 0.491 e. The average Bonchev–Trinajstić information content (AvgIpc) is 2.93. The van der Waals surface area contributed by atoms with Crippen LogP contribution in [0.4, 0.5) is 0 Å². The number of likely N-dealkylation sites (N-methyl/N-ethyl adjacent to an activating group) is 1. The number of aryl methyl sites for hydroxylation is 1. The lowest BCUT2D eigenvalue weighted by molar-refractivity contribution is 0.259. The number of imidazole rings is 1. The molecule has 5 heteroatoms. The molecule has 0 radical (unpaired) electrons. The Bertz CT molecular complexity index is 524. The van der Waals surface area contributed by atoms with Gasteiger partial charge >= 0.3 is 0 Å². The highest BCUT2D eigenvalue weighted by molar-refractivity contribution is 6.30. The molecule has 4 nitrogen and oxygen atoms in total. The van der Waals surface area contributed by atoms with E-state index in [9.17, 15) is 0 Å². The molecule has 0 amide bonds. The van der Waals surface area contributed by atoms with Gasteiger partial charge in [-0.15, -0.1) is 0 Å². The van der Waals surface area contributed by atoms with Crippen LogP contribution in [0.5, 0.6) is 5.75 Å². The minimum atomic E-state index is 0.0747. The highest BCUT2D eigenvalue weighted by Crippen LogP contribution is 2.18. The Hall–Kier alpha value is -1.52. The summed E-state index contributed by atoms with van der Waals surface area (Å²) in [7, 11) is 0. The van der Waals surface area contributed by atoms with Crippen molar-refractivity contribution in [1.82, 2.24) is 14.9 Å². The number of nitrogens with one attached hydrogen (secondary N) is 1. The van der Waals surface area contributed by atoms with Crippen LogP contribution in [0.25, 0.3) is 0 Å². The van der Waals surface area contributed by atoms with Gasteiger partial charge in [-0.25, -0.2) is 4.98 Å². The zero-order chi connectivity index (χ0) is 14.4. The summed E-state index contributed by atoms with van der Waals surface area (Å²) in [5.41, 5.74) is 0. The molecule has 108 valence electrons. The summed E-state index contributed by atoms with van der Waals surface area (Å²) < 4.78 is 7.95. The number of ether oxygens (including phenoxy) is 1. The van der Waals surface area contributed by atoms with Gasteiger partial charge in [-0.05, 0) is 37.7 Å². The monoisotopic (exact) mass is 293 g/mol. The number of aromatic nitrogens is 2. The maximum Gasteiger partial charge on any atom is 0.129 e. The van der Waals surface area contributed by atoms with E-state index in [4.69, 9.17) is 16.3 Å². The van der Waals surface area contributed by atoms with Crippen molar-refractivity contribution in [1.29, 1.82) is 0 Å². The Kier molecular flexibility index (Phi) is 5.44. The molecular formula is C15H20ClN3O. The van der Waals surface area contributed by atoms with Gasteiger partial charge in [0.1, 0.15) is 24.2 Å². The molecule has 0 aliphatic carbocycles. The Morgan fingerprint density at radius 1 is 1.30 bits per heavy atom. The molecule has 1 aromatic carbocycles. The molecule has 0 bridgehead atoms. The lowest BCUT2D eigenvalue weighted by Gasteiger charge is -2.19. The summed E-state index contributed by atoms with van der Waals surface area (Å²) in [6.07, 6.45) is 3.81. The number of rotatable bonds is 7. The molecule has 0 fully saturated rings. The van der Waals surface area contributed by atoms with Crippen LogP contribution in [0, 0.1) is 0 Å². The SMILES string of the molecule is CCNC(COc1ccc(Cl)cc1)c1nccn1CC. The maximum absolute atomic E-state index is 5.86. The van der Waals surface area contributed by atoms with E-state index in [2.05, 4.69) is 28.7 Å². The topological polar surface area (TPSA) is 39.1 Å². The standard InChI is InChI=1S/C15H20ClN3O/c1-3-17-14(15-18-9-10-19(15)4-2)11-20-13-7-5-12(16)6-8-13/h5-10,14,17H,3-4,11H2,1-2H3. The molecule has 0 saturated carbocycles. The quantitative estimate of drug-likeness (QED) is 0.851. The number of hydrogen-bond donors (Lipinski definition) is 1. The molecule has 1 atom stereocenters. The number of hydrogen-bond acceptors (Lipinski definition) is 3. The van der Waals surface area contributed by atoms with Gasteiger partial charge in [0.15, 0.2) is 0 Å². The van der Waals surface area contributed by atoms with Gasteiger partial charge in [-0.3, -0.25) is 0 Å². The molecule has 20 heavy (non-hydrogen) atoms. The maximum atomic E-state index is 5.86. The van der Waals surface area contributed by atoms with E-state index in [0.717, 1.165) is 24.7 Å². The Morgan fingerprint density at radius 3 is 2.70 bits per heavy atom. The molecule has 0 spiro atoms. The van der Waals surface area contributed by atoms with Crippen molar-refractivity contribution in [2.45, 2.75) is 26.4 Å². The van der Waals surface area contributed by atoms with Gasteiger partial charge in [0, 0.05) is 24.0 Å². The predicted molar refractivity (Wildman–Crippen MR) is 81.3 cm³/mol. The lowest BCUT2D eigenvalue weighted by Crippen LogP contribution is -2.29. The zero-order valence-electron chi connectivity index (χ0n) is 11.8. The van der Waals surface area contributed by atoms with Crippen LogP contribution in [-0.4, -0.2) is 22.7 Å². The van der Waals surface area contributed by atoms with Crippen molar-refractivity contribution in [2.75, 3.05) is 13.2 Å². The Labute approximate surface area is 124 Å². The highest BCUT2D eigenvalue weighted by Gasteiger charge is 2.16. The first-order valence-corrected chi connectivity index (χ1v) is 7.25. The first kappa shape index (κ1) is 14.9. The molecule has 2 rings (SSSR count). The van der Waals surface area contributed by atoms with E-state index in [1.807, 2.05) is 36.7 Å². The highest BCUT2D eigenvalue weighted by atomic mass is 35.5. The fraction of sp³-hybridized carbons (Fsp3) is 0.400. The number of halogens is 1. The minimum absolute atomic E-state index is 0.0747. The van der Waals surface area contributed by atoms with E-state index < -0.39 is 0 Å². The second-order valence-electron chi connectivity index (χ2n) is 4.45. The molecule has 0 aliphatic heterocycles. The van der Waals surface area contributed by atoms with Crippen LogP contribution in [0.15, 0.2) is 36.7 Å². The van der Waals surface area contributed by atoms with Crippen molar-refractivity contribution in [3.05, 3.63) is 47.5 Å². The first-order chi connectivity index (χ1) is 9.74. The van der Waals surface area contributed by atoms with Crippen molar-refractivity contribution in [3.63, 3.8) is 0 Å². The molecule has 0 saturated heterocycles. The summed E-state index contributed by atoms with van der Waals surface area (Å²) in [5, 5.41) is 4.12. The lowest BCUT2D eigenvalue weighted by atomic mass is 10.2. The van der Waals surface area contributed by atoms with Crippen LogP contribution in [0.2, 0.25) is 5.02 Å². The van der Waals surface area contributed by atoms with Crippen molar-refractivity contribution < 1.29 is 4.74 Å². The third kappa shape index (κ3) is 3.74. The van der Waals surface area contributed by atoms with Gasteiger partial charge in [-0.1, -0.05) is 18.5 Å². The number of nitrogens with zero attached hydrogens (tertiary/aromatic N) is 2. The Balaban J connectivity index is 2.04. The third-order valence-corrected chi connectivity index (χ3v) is 3.33.